The van der Waals surface area contributed by atoms with Crippen molar-refractivity contribution < 1.29 is 14.7 Å². The number of aliphatic carboxylic acids is 1. The Balaban J connectivity index is 1.91. The molecule has 1 aromatic rings. The molecule has 0 aromatic heterocycles. The van der Waals surface area contributed by atoms with Crippen molar-refractivity contribution in [3.8, 4) is 0 Å². The van der Waals surface area contributed by atoms with Gasteiger partial charge in [0.2, 0.25) is 5.91 Å². The van der Waals surface area contributed by atoms with E-state index in [1.54, 1.807) is 0 Å². The van der Waals surface area contributed by atoms with Crippen molar-refractivity contribution >= 4 is 11.9 Å². The zero-order valence-electron chi connectivity index (χ0n) is 15.3. The number of benzene rings is 1. The van der Waals surface area contributed by atoms with E-state index in [-0.39, 0.29) is 24.3 Å². The molecular formula is C20H30N2O3. The lowest BCUT2D eigenvalue weighted by molar-refractivity contribution is -0.138. The molecule has 0 bridgehead atoms. The SMILES string of the molecule is CC(C)C[C@@H](NC(=O)CN1CCC[C@H](CC(=O)O)C1)c1ccccc1. The van der Waals surface area contributed by atoms with E-state index in [0.29, 0.717) is 19.0 Å². The molecule has 0 unspecified atom stereocenters. The lowest BCUT2D eigenvalue weighted by Crippen LogP contribution is -2.43. The van der Waals surface area contributed by atoms with Gasteiger partial charge in [-0.25, -0.2) is 0 Å². The van der Waals surface area contributed by atoms with E-state index in [4.69, 9.17) is 5.11 Å². The molecule has 2 atom stereocenters. The number of likely N-dealkylation sites (tertiary alicyclic amines) is 1. The molecule has 5 heteroatoms. The summed E-state index contributed by atoms with van der Waals surface area (Å²) in [4.78, 5) is 25.5. The molecule has 0 saturated carbocycles. The summed E-state index contributed by atoms with van der Waals surface area (Å²) in [6, 6.07) is 10.1. The highest BCUT2D eigenvalue weighted by atomic mass is 16.4. The molecular weight excluding hydrogens is 316 g/mol. The van der Waals surface area contributed by atoms with E-state index in [2.05, 4.69) is 36.2 Å². The molecule has 1 aromatic carbocycles. The van der Waals surface area contributed by atoms with Crippen LogP contribution in [0.25, 0.3) is 0 Å². The molecule has 25 heavy (non-hydrogen) atoms. The number of nitrogens with one attached hydrogen (secondary N) is 1. The third-order valence-electron chi connectivity index (χ3n) is 4.68. The molecule has 0 aliphatic carbocycles. The van der Waals surface area contributed by atoms with Crippen molar-refractivity contribution in [1.82, 2.24) is 10.2 Å². The average molecular weight is 346 g/mol. The monoisotopic (exact) mass is 346 g/mol. The van der Waals surface area contributed by atoms with Crippen LogP contribution >= 0.6 is 0 Å². The molecule has 5 nitrogen and oxygen atoms in total. The van der Waals surface area contributed by atoms with Gasteiger partial charge in [0.15, 0.2) is 0 Å². The zero-order valence-corrected chi connectivity index (χ0v) is 15.3. The van der Waals surface area contributed by atoms with Gasteiger partial charge >= 0.3 is 5.97 Å². The smallest absolute Gasteiger partial charge is 0.303 e. The van der Waals surface area contributed by atoms with E-state index < -0.39 is 5.97 Å². The van der Waals surface area contributed by atoms with Gasteiger partial charge in [-0.1, -0.05) is 44.2 Å². The topological polar surface area (TPSA) is 69.6 Å². The van der Waals surface area contributed by atoms with Crippen LogP contribution in [0.1, 0.15) is 51.1 Å². The fourth-order valence-electron chi connectivity index (χ4n) is 3.59. The van der Waals surface area contributed by atoms with Crippen LogP contribution in [0.5, 0.6) is 0 Å². The van der Waals surface area contributed by atoms with Crippen LogP contribution in [0.4, 0.5) is 0 Å². The summed E-state index contributed by atoms with van der Waals surface area (Å²) in [6.07, 6.45) is 2.99. The second-order valence-electron chi connectivity index (χ2n) is 7.50. The standard InChI is InChI=1S/C20H30N2O3/c1-15(2)11-18(17-8-4-3-5-9-17)21-19(23)14-22-10-6-7-16(13-22)12-20(24)25/h3-5,8-9,15-16,18H,6-7,10-14H2,1-2H3,(H,21,23)(H,24,25)/t16-,18-/m1/s1. The van der Waals surface area contributed by atoms with E-state index in [0.717, 1.165) is 31.4 Å². The maximum absolute atomic E-state index is 12.5. The first-order valence-corrected chi connectivity index (χ1v) is 9.22. The van der Waals surface area contributed by atoms with Crippen molar-refractivity contribution in [2.45, 2.75) is 45.6 Å². The van der Waals surface area contributed by atoms with Crippen molar-refractivity contribution in [1.29, 1.82) is 0 Å². The van der Waals surface area contributed by atoms with Crippen molar-refractivity contribution in [2.24, 2.45) is 11.8 Å². The highest BCUT2D eigenvalue weighted by Gasteiger charge is 2.24. The number of carbonyl (C=O) groups is 2. The lowest BCUT2D eigenvalue weighted by Gasteiger charge is -2.32. The van der Waals surface area contributed by atoms with Gasteiger partial charge in [-0.05, 0) is 43.2 Å². The molecule has 1 heterocycles. The Kier molecular flexibility index (Phi) is 7.44. The maximum atomic E-state index is 12.5. The molecule has 1 aliphatic heterocycles. The van der Waals surface area contributed by atoms with Gasteiger partial charge in [0.25, 0.3) is 0 Å². The number of carboxylic acid groups (broad SMARTS) is 1. The van der Waals surface area contributed by atoms with Crippen LogP contribution in [0.15, 0.2) is 30.3 Å². The molecule has 1 amide bonds. The van der Waals surface area contributed by atoms with Gasteiger partial charge in [0.1, 0.15) is 0 Å². The Morgan fingerprint density at radius 2 is 2.00 bits per heavy atom. The maximum Gasteiger partial charge on any atom is 0.303 e. The van der Waals surface area contributed by atoms with Crippen molar-refractivity contribution in [3.63, 3.8) is 0 Å². The Morgan fingerprint density at radius 1 is 1.28 bits per heavy atom. The number of hydrogen-bond acceptors (Lipinski definition) is 3. The molecule has 1 aliphatic rings. The third-order valence-corrected chi connectivity index (χ3v) is 4.68. The minimum Gasteiger partial charge on any atom is -0.481 e. The molecule has 2 rings (SSSR count). The van der Waals surface area contributed by atoms with Gasteiger partial charge in [-0.15, -0.1) is 0 Å². The van der Waals surface area contributed by atoms with Crippen molar-refractivity contribution in [2.75, 3.05) is 19.6 Å². The number of rotatable bonds is 8. The highest BCUT2D eigenvalue weighted by molar-refractivity contribution is 5.78. The predicted octanol–water partition coefficient (Wildman–Crippen LogP) is 3.08. The number of hydrogen-bond donors (Lipinski definition) is 2. The van der Waals surface area contributed by atoms with Crippen LogP contribution < -0.4 is 5.32 Å². The second kappa shape index (κ2) is 9.56. The Bertz CT molecular complexity index is 559. The lowest BCUT2D eigenvalue weighted by atomic mass is 9.94. The number of carboxylic acids is 1. The summed E-state index contributed by atoms with van der Waals surface area (Å²) in [5.41, 5.74) is 1.13. The van der Waals surface area contributed by atoms with Gasteiger partial charge in [0, 0.05) is 13.0 Å². The summed E-state index contributed by atoms with van der Waals surface area (Å²) in [5.74, 6) is -0.0945. The van der Waals surface area contributed by atoms with Gasteiger partial charge < -0.3 is 10.4 Å². The first-order valence-electron chi connectivity index (χ1n) is 9.22. The predicted molar refractivity (Wildman–Crippen MR) is 98.2 cm³/mol. The van der Waals surface area contributed by atoms with Crippen LogP contribution in [-0.2, 0) is 9.59 Å². The van der Waals surface area contributed by atoms with Crippen LogP contribution in [0, 0.1) is 11.8 Å². The van der Waals surface area contributed by atoms with E-state index in [1.165, 1.54) is 0 Å². The van der Waals surface area contributed by atoms with E-state index >= 15 is 0 Å². The molecule has 1 saturated heterocycles. The molecule has 2 N–H and O–H groups in total. The number of amides is 1. The Labute approximate surface area is 150 Å². The number of carbonyl (C=O) groups excluding carboxylic acids is 1. The van der Waals surface area contributed by atoms with Crippen LogP contribution in [-0.4, -0.2) is 41.5 Å². The van der Waals surface area contributed by atoms with Crippen LogP contribution in [0.3, 0.4) is 0 Å². The summed E-state index contributed by atoms with van der Waals surface area (Å²) in [5, 5.41) is 12.1. The molecule has 138 valence electrons. The van der Waals surface area contributed by atoms with Gasteiger partial charge in [-0.3, -0.25) is 14.5 Å². The van der Waals surface area contributed by atoms with E-state index in [1.807, 2.05) is 18.2 Å². The van der Waals surface area contributed by atoms with Crippen molar-refractivity contribution in [3.05, 3.63) is 35.9 Å². The summed E-state index contributed by atoms with van der Waals surface area (Å²) >= 11 is 0. The van der Waals surface area contributed by atoms with Crippen LogP contribution in [0.2, 0.25) is 0 Å². The summed E-state index contributed by atoms with van der Waals surface area (Å²) in [6.45, 7) is 6.22. The highest BCUT2D eigenvalue weighted by Crippen LogP contribution is 2.22. The van der Waals surface area contributed by atoms with Gasteiger partial charge in [-0.2, -0.15) is 0 Å². The molecule has 0 radical (unpaired) electrons. The fraction of sp³-hybridized carbons (Fsp3) is 0.600. The second-order valence-corrected chi connectivity index (χ2v) is 7.50. The summed E-state index contributed by atoms with van der Waals surface area (Å²) in [7, 11) is 0. The molecule has 0 spiro atoms. The average Bonchev–Trinajstić information content (AvgIpc) is 2.54. The quantitative estimate of drug-likeness (QED) is 0.759. The molecule has 1 fully saturated rings. The third kappa shape index (κ3) is 6.86. The fourth-order valence-corrected chi connectivity index (χ4v) is 3.59. The Hall–Kier alpha value is -1.88. The normalized spacial score (nSPS) is 19.6. The zero-order chi connectivity index (χ0) is 18.2. The van der Waals surface area contributed by atoms with Gasteiger partial charge in [0.05, 0.1) is 12.6 Å². The Morgan fingerprint density at radius 3 is 2.64 bits per heavy atom. The minimum absolute atomic E-state index is 0.0190. The summed E-state index contributed by atoms with van der Waals surface area (Å²) < 4.78 is 0. The number of nitrogens with zero attached hydrogens (tertiary/aromatic N) is 1. The first kappa shape index (κ1) is 19.4. The first-order chi connectivity index (χ1) is 11.9. The number of piperidine rings is 1. The largest absolute Gasteiger partial charge is 0.481 e. The van der Waals surface area contributed by atoms with E-state index in [9.17, 15) is 9.59 Å². The minimum atomic E-state index is -0.752.